The van der Waals surface area contributed by atoms with Crippen LogP contribution in [0.15, 0.2) is 24.3 Å². The molecule has 0 saturated carbocycles. The second-order valence-electron chi connectivity index (χ2n) is 35.2. The second kappa shape index (κ2) is 73.7. The topological polar surface area (TPSA) is 118 Å². The molecule has 106 heavy (non-hydrogen) atoms. The van der Waals surface area contributed by atoms with Crippen molar-refractivity contribution in [2.75, 3.05) is 93.9 Å². The second-order valence-corrected chi connectivity index (χ2v) is 35.2. The van der Waals surface area contributed by atoms with Crippen molar-refractivity contribution in [3.63, 3.8) is 0 Å². The van der Waals surface area contributed by atoms with Crippen molar-refractivity contribution in [1.82, 2.24) is 19.6 Å². The highest BCUT2D eigenvalue weighted by molar-refractivity contribution is 5.70. The summed E-state index contributed by atoms with van der Waals surface area (Å²) in [5.74, 6) is 5.43. The van der Waals surface area contributed by atoms with Crippen LogP contribution in [0, 0.1) is 47.3 Å². The van der Waals surface area contributed by atoms with Crippen molar-refractivity contribution < 1.29 is 38.1 Å². The molecule has 0 aliphatic rings. The number of rotatable bonds is 72. The van der Waals surface area contributed by atoms with E-state index in [1.165, 1.54) is 180 Å². The molecule has 0 aromatic rings. The fraction of sp³-hybridized carbons (Fsp3) is 0.915. The van der Waals surface area contributed by atoms with E-state index in [9.17, 15) is 19.2 Å². The molecule has 0 bridgehead atoms. The van der Waals surface area contributed by atoms with Crippen LogP contribution in [0.25, 0.3) is 0 Å². The van der Waals surface area contributed by atoms with Gasteiger partial charge in [0, 0.05) is 49.9 Å². The number of carbonyl (C=O) groups excluding carboxylic acids is 4. The molecular weight excluding hydrogens is 1310 g/mol. The molecule has 0 radical (unpaired) electrons. The molecule has 0 aromatic heterocycles. The number of nitrogens with zero attached hydrogens (tertiary/aromatic N) is 4. The number of unbranched alkanes of at least 4 members (excludes halogenated alkanes) is 20. The standard InChI is InChI=1S/C48H92N2O4.C44H88N2O4.2CH4/c1-9-13-31-44(32-14-10-2)35-25-29-41-53-46(51)37-23-19-17-21-27-39-50(48(5,6)43-49(7)8)40-28-22-18-20-24-38-47(52)54-42-30-26-36-45(33-15-11-3)34-16-12-4;1-36(2)25-27-40(38(5)6)29-33-49-42(47)23-19-15-13-17-21-31-46(44(9,10)35-45(11)12)32-22-18-14-16-20-24-43(48)50-34-30-41(39(7)8)28-26-37(3)4;;/h25-26,29-30,44-45H,9-24,27-28,31-43H2,1-8H3;36-41H,13-35H2,1-12H3;2*1H4/b29-25-,30-26-;;;. The van der Waals surface area contributed by atoms with Crippen LogP contribution < -0.4 is 0 Å². The van der Waals surface area contributed by atoms with Gasteiger partial charge in [0.1, 0.15) is 13.2 Å². The van der Waals surface area contributed by atoms with Crippen LogP contribution in [0.4, 0.5) is 0 Å². The maximum absolute atomic E-state index is 12.3. The molecule has 0 spiro atoms. The lowest BCUT2D eigenvalue weighted by atomic mass is 9.86. The van der Waals surface area contributed by atoms with Crippen molar-refractivity contribution in [3.8, 4) is 0 Å². The molecular formula is C94H188N4O8. The Balaban J connectivity index is -0.000000966. The van der Waals surface area contributed by atoms with Crippen LogP contribution in [0.2, 0.25) is 0 Å². The summed E-state index contributed by atoms with van der Waals surface area (Å²) in [5.41, 5.74) is 0.251. The van der Waals surface area contributed by atoms with E-state index >= 15 is 0 Å². The van der Waals surface area contributed by atoms with Gasteiger partial charge in [-0.05, 0) is 219 Å². The summed E-state index contributed by atoms with van der Waals surface area (Å²) >= 11 is 0. The van der Waals surface area contributed by atoms with E-state index in [2.05, 4.69) is 171 Å². The van der Waals surface area contributed by atoms with Gasteiger partial charge >= 0.3 is 23.9 Å². The Labute approximate surface area is 662 Å². The van der Waals surface area contributed by atoms with E-state index in [0.29, 0.717) is 75.8 Å². The summed E-state index contributed by atoms with van der Waals surface area (Å²) in [4.78, 5) is 59.1. The Hall–Kier alpha value is -2.80. The first-order chi connectivity index (χ1) is 49.6. The molecule has 12 nitrogen and oxygen atoms in total. The minimum atomic E-state index is -0.0587. The molecule has 0 saturated heterocycles. The zero-order chi connectivity index (χ0) is 78.1. The predicted molar refractivity (Wildman–Crippen MR) is 463 cm³/mol. The van der Waals surface area contributed by atoms with E-state index in [4.69, 9.17) is 18.9 Å². The zero-order valence-corrected chi connectivity index (χ0v) is 73.2. The molecule has 2 unspecified atom stereocenters. The summed E-state index contributed by atoms with van der Waals surface area (Å²) in [6.07, 6.45) is 57.8. The first kappa shape index (κ1) is 110. The van der Waals surface area contributed by atoms with Gasteiger partial charge in [-0.15, -0.1) is 0 Å². The van der Waals surface area contributed by atoms with E-state index in [1.807, 2.05) is 12.2 Å². The molecule has 0 heterocycles. The number of hydrogen-bond acceptors (Lipinski definition) is 12. The molecule has 632 valence electrons. The fourth-order valence-electron chi connectivity index (χ4n) is 15.0. The van der Waals surface area contributed by atoms with Crippen molar-refractivity contribution >= 4 is 23.9 Å². The summed E-state index contributed by atoms with van der Waals surface area (Å²) in [5, 5.41) is 0. The predicted octanol–water partition coefficient (Wildman–Crippen LogP) is 26.1. The van der Waals surface area contributed by atoms with Crippen LogP contribution in [-0.2, 0) is 38.1 Å². The summed E-state index contributed by atoms with van der Waals surface area (Å²) in [7, 11) is 8.67. The molecule has 12 heteroatoms. The third kappa shape index (κ3) is 69.2. The Morgan fingerprint density at radius 3 is 0.821 bits per heavy atom. The summed E-state index contributed by atoms with van der Waals surface area (Å²) < 4.78 is 22.2. The Bertz CT molecular complexity index is 1880. The smallest absolute Gasteiger partial charge is 0.306 e. The van der Waals surface area contributed by atoms with Crippen LogP contribution in [0.5, 0.6) is 0 Å². The average Bonchev–Trinajstić information content (AvgIpc) is 0.867. The largest absolute Gasteiger partial charge is 0.466 e. The monoisotopic (exact) mass is 1500 g/mol. The van der Waals surface area contributed by atoms with Gasteiger partial charge in [0.2, 0.25) is 0 Å². The molecule has 0 aromatic carbocycles. The number of allylic oxidation sites excluding steroid dienone is 2. The van der Waals surface area contributed by atoms with Gasteiger partial charge in [-0.1, -0.05) is 289 Å². The maximum atomic E-state index is 12.3. The van der Waals surface area contributed by atoms with Crippen molar-refractivity contribution in [2.24, 2.45) is 47.3 Å². The first-order valence-corrected chi connectivity index (χ1v) is 44.4. The molecule has 0 rings (SSSR count). The zero-order valence-electron chi connectivity index (χ0n) is 73.2. The quantitative estimate of drug-likeness (QED) is 0.0250. The number of likely N-dealkylation sites (N-methyl/N-ethyl adjacent to an activating group) is 2. The minimum absolute atomic E-state index is 0. The molecule has 2 atom stereocenters. The van der Waals surface area contributed by atoms with E-state index < -0.39 is 0 Å². The molecule has 0 N–H and O–H groups in total. The first-order valence-electron chi connectivity index (χ1n) is 44.4. The summed E-state index contributed by atoms with van der Waals surface area (Å²) in [6, 6.07) is 0. The third-order valence-electron chi connectivity index (χ3n) is 21.8. The van der Waals surface area contributed by atoms with Gasteiger partial charge in [-0.2, -0.15) is 0 Å². The van der Waals surface area contributed by atoms with Gasteiger partial charge in [0.25, 0.3) is 0 Å². The van der Waals surface area contributed by atoms with Gasteiger partial charge in [-0.3, -0.25) is 29.0 Å². The number of esters is 4. The van der Waals surface area contributed by atoms with Crippen LogP contribution in [-0.4, -0.2) is 148 Å². The van der Waals surface area contributed by atoms with Gasteiger partial charge in [0.15, 0.2) is 0 Å². The van der Waals surface area contributed by atoms with E-state index in [1.54, 1.807) is 0 Å². The molecule has 0 fully saturated rings. The maximum Gasteiger partial charge on any atom is 0.306 e. The minimum Gasteiger partial charge on any atom is -0.466 e. The van der Waals surface area contributed by atoms with E-state index in [-0.39, 0.29) is 49.8 Å². The van der Waals surface area contributed by atoms with E-state index in [0.717, 1.165) is 140 Å². The van der Waals surface area contributed by atoms with Crippen molar-refractivity contribution in [2.45, 2.75) is 419 Å². The number of ether oxygens (including phenoxy) is 4. The third-order valence-corrected chi connectivity index (χ3v) is 21.8. The number of carbonyl (C=O) groups is 4. The van der Waals surface area contributed by atoms with Crippen molar-refractivity contribution in [3.05, 3.63) is 24.3 Å². The Kier molecular flexibility index (Phi) is 76.1. The Morgan fingerprint density at radius 1 is 0.321 bits per heavy atom. The highest BCUT2D eigenvalue weighted by Gasteiger charge is 2.28. The molecule has 0 aliphatic carbocycles. The lowest BCUT2D eigenvalue weighted by Crippen LogP contribution is -2.51. The number of hydrogen-bond donors (Lipinski definition) is 0. The highest BCUT2D eigenvalue weighted by atomic mass is 16.5. The normalized spacial score (nSPS) is 12.8. The SMILES string of the molecule is C.C.CC(C)CCC(CCOC(=O)CCCCCCCN(CCCCCCCC(=O)OCCC(CCC(C)C)C(C)C)C(C)(C)CN(C)C)C(C)C.CCCCC(C/C=C\COC(=O)CCCCCCCN(CCCCCCCC(=O)OC/C=C\CC(CCCC)CCCC)C(C)(C)CN(C)C)CCCC. The average molecular weight is 1500 g/mol. The van der Waals surface area contributed by atoms with Crippen LogP contribution in [0.3, 0.4) is 0 Å². The lowest BCUT2D eigenvalue weighted by molar-refractivity contribution is -0.145. The molecule has 0 amide bonds. The highest BCUT2D eigenvalue weighted by Crippen LogP contribution is 2.28. The molecule has 0 aliphatic heterocycles. The lowest BCUT2D eigenvalue weighted by Gasteiger charge is -2.40. The Morgan fingerprint density at radius 2 is 0.575 bits per heavy atom. The van der Waals surface area contributed by atoms with Gasteiger partial charge < -0.3 is 28.7 Å². The fourth-order valence-corrected chi connectivity index (χ4v) is 15.0. The van der Waals surface area contributed by atoms with Crippen LogP contribution >= 0.6 is 0 Å². The van der Waals surface area contributed by atoms with Crippen LogP contribution in [0.1, 0.15) is 408 Å². The van der Waals surface area contributed by atoms with Gasteiger partial charge in [-0.25, -0.2) is 0 Å². The summed E-state index contributed by atoms with van der Waals surface area (Å²) in [6.45, 7) is 45.4. The van der Waals surface area contributed by atoms with Gasteiger partial charge in [0.05, 0.1) is 13.2 Å². The van der Waals surface area contributed by atoms with Crippen molar-refractivity contribution in [1.29, 1.82) is 0 Å².